The number of benzene rings is 1. The highest BCUT2D eigenvalue weighted by atomic mass is 16.6. The number of aliphatic hydroxyl groups excluding tert-OH is 1. The lowest BCUT2D eigenvalue weighted by atomic mass is 9.86. The number of carbonyl (C=O) groups is 2. The van der Waals surface area contributed by atoms with Crippen LogP contribution in [0.5, 0.6) is 0 Å². The second-order valence-corrected chi connectivity index (χ2v) is 11.9. The molecule has 0 amide bonds. The van der Waals surface area contributed by atoms with Crippen molar-refractivity contribution in [1.82, 2.24) is 0 Å². The van der Waals surface area contributed by atoms with E-state index >= 15 is 0 Å². The van der Waals surface area contributed by atoms with Gasteiger partial charge in [0.05, 0.1) is 12.5 Å². The molecule has 37 heavy (non-hydrogen) atoms. The SMILES string of the molecule is Cc1ccc2oc([C@H](C)[C@H](C)C(=O)OC[C@]3(CO)C/C(=C\CC(CC(C)C)CC(C)C)C(=O)O3)cc2c1. The Morgan fingerprint density at radius 2 is 1.78 bits per heavy atom. The number of ether oxygens (including phenoxy) is 2. The van der Waals surface area contributed by atoms with E-state index in [0.29, 0.717) is 23.3 Å². The van der Waals surface area contributed by atoms with Crippen LogP contribution in [-0.4, -0.2) is 35.9 Å². The first-order valence-corrected chi connectivity index (χ1v) is 13.6. The molecule has 0 spiro atoms. The van der Waals surface area contributed by atoms with Gasteiger partial charge < -0.3 is 19.0 Å². The van der Waals surface area contributed by atoms with Gasteiger partial charge in [-0.25, -0.2) is 4.79 Å². The molecule has 1 aliphatic heterocycles. The highest BCUT2D eigenvalue weighted by Gasteiger charge is 2.45. The third-order valence-electron chi connectivity index (χ3n) is 7.42. The van der Waals surface area contributed by atoms with Gasteiger partial charge in [0.1, 0.15) is 18.0 Å². The van der Waals surface area contributed by atoms with Gasteiger partial charge in [-0.15, -0.1) is 0 Å². The fourth-order valence-corrected chi connectivity index (χ4v) is 5.21. The highest BCUT2D eigenvalue weighted by Crippen LogP contribution is 2.35. The van der Waals surface area contributed by atoms with E-state index in [0.717, 1.165) is 41.6 Å². The molecule has 3 atom stereocenters. The minimum absolute atomic E-state index is 0.177. The van der Waals surface area contributed by atoms with Crippen molar-refractivity contribution < 1.29 is 28.6 Å². The van der Waals surface area contributed by atoms with Gasteiger partial charge in [-0.1, -0.05) is 59.2 Å². The topological polar surface area (TPSA) is 86.0 Å². The Morgan fingerprint density at radius 1 is 1.11 bits per heavy atom. The van der Waals surface area contributed by atoms with Crippen molar-refractivity contribution in [3.8, 4) is 0 Å². The first-order chi connectivity index (χ1) is 17.4. The van der Waals surface area contributed by atoms with Gasteiger partial charge in [-0.05, 0) is 62.1 Å². The van der Waals surface area contributed by atoms with Crippen LogP contribution >= 0.6 is 0 Å². The number of furan rings is 1. The van der Waals surface area contributed by atoms with Crippen molar-refractivity contribution in [1.29, 1.82) is 0 Å². The van der Waals surface area contributed by atoms with Crippen molar-refractivity contribution in [3.05, 3.63) is 47.2 Å². The lowest BCUT2D eigenvalue weighted by molar-refractivity contribution is -0.168. The third kappa shape index (κ3) is 7.47. The summed E-state index contributed by atoms with van der Waals surface area (Å²) in [7, 11) is 0. The second kappa shape index (κ2) is 12.3. The Hall–Kier alpha value is -2.60. The van der Waals surface area contributed by atoms with Crippen LogP contribution in [0.25, 0.3) is 11.0 Å². The molecule has 0 unspecified atom stereocenters. The average Bonchev–Trinajstić information content (AvgIpc) is 3.40. The van der Waals surface area contributed by atoms with Crippen LogP contribution in [0.3, 0.4) is 0 Å². The van der Waals surface area contributed by atoms with Crippen LogP contribution in [0.2, 0.25) is 0 Å². The number of carbonyl (C=O) groups excluding carboxylic acids is 2. The Morgan fingerprint density at radius 3 is 2.41 bits per heavy atom. The summed E-state index contributed by atoms with van der Waals surface area (Å²) in [6.45, 7) is 14.0. The predicted molar refractivity (Wildman–Crippen MR) is 145 cm³/mol. The molecule has 1 N–H and O–H groups in total. The van der Waals surface area contributed by atoms with Crippen molar-refractivity contribution in [2.75, 3.05) is 13.2 Å². The van der Waals surface area contributed by atoms with Gasteiger partial charge in [0, 0.05) is 23.3 Å². The maximum Gasteiger partial charge on any atom is 0.334 e. The average molecular weight is 513 g/mol. The second-order valence-electron chi connectivity index (χ2n) is 11.9. The summed E-state index contributed by atoms with van der Waals surface area (Å²) in [4.78, 5) is 25.6. The van der Waals surface area contributed by atoms with Crippen LogP contribution < -0.4 is 0 Å². The van der Waals surface area contributed by atoms with E-state index < -0.39 is 30.1 Å². The number of hydrogen-bond donors (Lipinski definition) is 1. The number of cyclic esters (lactones) is 1. The van der Waals surface area contributed by atoms with Crippen LogP contribution in [0, 0.1) is 30.6 Å². The zero-order valence-electron chi connectivity index (χ0n) is 23.5. The predicted octanol–water partition coefficient (Wildman–Crippen LogP) is 6.73. The Kier molecular flexibility index (Phi) is 9.63. The molecule has 6 heteroatoms. The highest BCUT2D eigenvalue weighted by molar-refractivity contribution is 5.91. The van der Waals surface area contributed by atoms with E-state index in [4.69, 9.17) is 13.9 Å². The van der Waals surface area contributed by atoms with Crippen LogP contribution in [0.1, 0.15) is 84.5 Å². The molecule has 0 bridgehead atoms. The van der Waals surface area contributed by atoms with Gasteiger partial charge >= 0.3 is 11.9 Å². The molecule has 1 aliphatic rings. The summed E-state index contributed by atoms with van der Waals surface area (Å²) in [6.07, 6.45) is 5.19. The molecule has 1 saturated heterocycles. The largest absolute Gasteiger partial charge is 0.461 e. The molecule has 2 heterocycles. The van der Waals surface area contributed by atoms with Gasteiger partial charge in [0.15, 0.2) is 5.60 Å². The van der Waals surface area contributed by atoms with Crippen molar-refractivity contribution in [2.45, 2.75) is 85.7 Å². The lowest BCUT2D eigenvalue weighted by Gasteiger charge is -2.25. The zero-order chi connectivity index (χ0) is 27.3. The third-order valence-corrected chi connectivity index (χ3v) is 7.42. The molecule has 204 valence electrons. The smallest absolute Gasteiger partial charge is 0.334 e. The number of hydrogen-bond acceptors (Lipinski definition) is 6. The fraction of sp³-hybridized carbons (Fsp3) is 0.613. The van der Waals surface area contributed by atoms with Gasteiger partial charge in [0.2, 0.25) is 0 Å². The molecule has 0 aliphatic carbocycles. The van der Waals surface area contributed by atoms with Crippen LogP contribution in [0.4, 0.5) is 0 Å². The Bertz CT molecular complexity index is 1100. The minimum atomic E-state index is -1.23. The number of esters is 2. The van der Waals surface area contributed by atoms with Crippen molar-refractivity contribution in [3.63, 3.8) is 0 Å². The van der Waals surface area contributed by atoms with Crippen LogP contribution in [-0.2, 0) is 19.1 Å². The first kappa shape index (κ1) is 29.0. The molecular weight excluding hydrogens is 468 g/mol. The molecule has 3 rings (SSSR count). The number of allylic oxidation sites excluding steroid dienone is 1. The maximum absolute atomic E-state index is 12.9. The first-order valence-electron chi connectivity index (χ1n) is 13.6. The maximum atomic E-state index is 12.9. The summed E-state index contributed by atoms with van der Waals surface area (Å²) in [5, 5.41) is 11.1. The minimum Gasteiger partial charge on any atom is -0.461 e. The summed E-state index contributed by atoms with van der Waals surface area (Å²) in [6, 6.07) is 7.94. The van der Waals surface area contributed by atoms with Gasteiger partial charge in [-0.2, -0.15) is 0 Å². The van der Waals surface area contributed by atoms with Crippen molar-refractivity contribution >= 4 is 22.9 Å². The quantitative estimate of drug-likeness (QED) is 0.251. The lowest BCUT2D eigenvalue weighted by Crippen LogP contribution is -2.40. The molecule has 1 aromatic heterocycles. The molecule has 1 fully saturated rings. The molecular formula is C31H44O6. The summed E-state index contributed by atoms with van der Waals surface area (Å²) in [5.41, 5.74) is 1.25. The van der Waals surface area contributed by atoms with Gasteiger partial charge in [0.25, 0.3) is 0 Å². The van der Waals surface area contributed by atoms with E-state index in [1.54, 1.807) is 6.92 Å². The number of rotatable bonds is 12. The van der Waals surface area contributed by atoms with Crippen LogP contribution in [0.15, 0.2) is 40.3 Å². The van der Waals surface area contributed by atoms with E-state index in [-0.39, 0.29) is 18.9 Å². The molecule has 0 radical (unpaired) electrons. The van der Waals surface area contributed by atoms with E-state index in [1.165, 1.54) is 0 Å². The van der Waals surface area contributed by atoms with E-state index in [2.05, 4.69) is 33.8 Å². The molecule has 6 nitrogen and oxygen atoms in total. The molecule has 0 saturated carbocycles. The Labute approximate surface area is 221 Å². The monoisotopic (exact) mass is 512 g/mol. The standard InChI is InChI=1S/C31H44O6/c1-19(2)12-24(13-20(3)4)9-10-25-16-31(17-32,37-30(25)34)18-35-29(33)23(7)22(6)28-15-26-14-21(5)8-11-27(26)36-28/h8,10-11,14-15,19-20,22-24,32H,9,12-13,16-18H2,1-7H3/b25-10+/t22-,23+,31-/m1/s1. The van der Waals surface area contributed by atoms with E-state index in [9.17, 15) is 14.7 Å². The van der Waals surface area contributed by atoms with Crippen molar-refractivity contribution in [2.24, 2.45) is 23.7 Å². The number of fused-ring (bicyclic) bond motifs is 1. The zero-order valence-corrected chi connectivity index (χ0v) is 23.5. The fourth-order valence-electron chi connectivity index (χ4n) is 5.21. The number of aliphatic hydroxyl groups is 1. The molecule has 1 aromatic carbocycles. The summed E-state index contributed by atoms with van der Waals surface area (Å²) < 4.78 is 17.2. The molecule has 2 aromatic rings. The number of aryl methyl sites for hydroxylation is 1. The van der Waals surface area contributed by atoms with Gasteiger partial charge in [-0.3, -0.25) is 4.79 Å². The summed E-state index contributed by atoms with van der Waals surface area (Å²) >= 11 is 0. The summed E-state index contributed by atoms with van der Waals surface area (Å²) in [5.74, 6) is 0.853. The van der Waals surface area contributed by atoms with E-state index in [1.807, 2.05) is 38.1 Å². The Balaban J connectivity index is 1.62. The normalized spacial score (nSPS) is 20.8.